The minimum atomic E-state index is -4.63. The monoisotopic (exact) mass is 287 g/mol. The number of hydrogen-bond acceptors (Lipinski definition) is 4. The molecule has 2 rings (SSSR count). The molecule has 1 aromatic heterocycles. The molecule has 9 heteroatoms. The lowest BCUT2D eigenvalue weighted by Crippen LogP contribution is -2.05. The van der Waals surface area contributed by atoms with Crippen LogP contribution in [0.5, 0.6) is 0 Å². The maximum absolute atomic E-state index is 12.6. The van der Waals surface area contributed by atoms with Crippen molar-refractivity contribution in [3.63, 3.8) is 0 Å². The molecule has 0 aliphatic heterocycles. The zero-order valence-electron chi connectivity index (χ0n) is 9.83. The predicted molar refractivity (Wildman–Crippen MR) is 61.1 cm³/mol. The highest BCUT2D eigenvalue weighted by Crippen LogP contribution is 2.29. The van der Waals surface area contributed by atoms with Gasteiger partial charge in [0.2, 0.25) is 0 Å². The van der Waals surface area contributed by atoms with E-state index >= 15 is 0 Å². The second-order valence-electron chi connectivity index (χ2n) is 3.84. The smallest absolute Gasteiger partial charge is 0.388 e. The van der Waals surface area contributed by atoms with E-state index in [1.807, 2.05) is 0 Å². The van der Waals surface area contributed by atoms with Gasteiger partial charge in [0, 0.05) is 24.0 Å². The van der Waals surface area contributed by atoms with Crippen LogP contribution in [0.4, 0.5) is 18.9 Å². The van der Waals surface area contributed by atoms with Gasteiger partial charge in [-0.25, -0.2) is 4.98 Å². The summed E-state index contributed by atoms with van der Waals surface area (Å²) in [5.74, 6) is -0.203. The molecular weight excluding hydrogens is 279 g/mol. The summed E-state index contributed by atoms with van der Waals surface area (Å²) in [7, 11) is 0. The molecule has 0 bridgehead atoms. The summed E-state index contributed by atoms with van der Waals surface area (Å²) < 4.78 is 38.7. The molecule has 0 aliphatic rings. The number of nitrogens with zero attached hydrogens (tertiary/aromatic N) is 3. The van der Waals surface area contributed by atoms with Gasteiger partial charge in [-0.1, -0.05) is 0 Å². The van der Waals surface area contributed by atoms with Gasteiger partial charge in [-0.05, 0) is 12.1 Å². The largest absolute Gasteiger partial charge is 0.434 e. The van der Waals surface area contributed by atoms with Gasteiger partial charge in [-0.15, -0.1) is 0 Å². The Hall–Kier alpha value is -2.42. The molecule has 20 heavy (non-hydrogen) atoms. The highest BCUT2D eigenvalue weighted by atomic mass is 19.4. The Labute approximate surface area is 110 Å². The number of aromatic nitrogens is 2. The lowest BCUT2D eigenvalue weighted by Gasteiger charge is -2.05. The second kappa shape index (κ2) is 4.93. The minimum Gasteiger partial charge on any atom is -0.388 e. The summed E-state index contributed by atoms with van der Waals surface area (Å²) in [6, 6.07) is 4.87. The molecule has 0 unspecified atom stereocenters. The van der Waals surface area contributed by atoms with Crippen molar-refractivity contribution in [1.29, 1.82) is 0 Å². The average molecular weight is 287 g/mol. The number of nitro benzene ring substituents is 1. The molecule has 0 saturated carbocycles. The van der Waals surface area contributed by atoms with E-state index in [1.165, 1.54) is 12.1 Å². The van der Waals surface area contributed by atoms with Gasteiger partial charge in [0.05, 0.1) is 4.92 Å². The van der Waals surface area contributed by atoms with Gasteiger partial charge in [-0.3, -0.25) is 10.1 Å². The van der Waals surface area contributed by atoms with Crippen LogP contribution in [0, 0.1) is 10.1 Å². The average Bonchev–Trinajstić information content (AvgIpc) is 2.82. The Balaban J connectivity index is 2.46. The molecule has 0 radical (unpaired) electrons. The molecule has 2 aromatic rings. The molecular formula is C11H8F3N3O3. The van der Waals surface area contributed by atoms with E-state index in [-0.39, 0.29) is 17.2 Å². The van der Waals surface area contributed by atoms with E-state index in [2.05, 4.69) is 4.98 Å². The predicted octanol–water partition coefficient (Wildman–Crippen LogP) is 2.29. The normalized spacial score (nSPS) is 11.6. The first-order chi connectivity index (χ1) is 9.32. The number of imidazole rings is 1. The molecule has 0 atom stereocenters. The zero-order chi connectivity index (χ0) is 14.9. The maximum Gasteiger partial charge on any atom is 0.434 e. The van der Waals surface area contributed by atoms with E-state index in [0.29, 0.717) is 0 Å². The summed E-state index contributed by atoms with van der Waals surface area (Å²) in [5.41, 5.74) is -1.09. The molecule has 106 valence electrons. The van der Waals surface area contributed by atoms with Crippen LogP contribution in [0.15, 0.2) is 30.5 Å². The van der Waals surface area contributed by atoms with Crippen molar-refractivity contribution < 1.29 is 23.2 Å². The van der Waals surface area contributed by atoms with Crippen LogP contribution in [0.25, 0.3) is 5.69 Å². The Kier molecular flexibility index (Phi) is 3.45. The number of hydrogen-bond donors (Lipinski definition) is 1. The number of alkyl halides is 3. The molecule has 1 aromatic carbocycles. The van der Waals surface area contributed by atoms with E-state index in [0.717, 1.165) is 22.9 Å². The summed E-state index contributed by atoms with van der Waals surface area (Å²) in [4.78, 5) is 13.2. The highest BCUT2D eigenvalue weighted by Gasteiger charge is 2.34. The summed E-state index contributed by atoms with van der Waals surface area (Å²) in [6.45, 7) is -0.687. The van der Waals surface area contributed by atoms with Gasteiger partial charge >= 0.3 is 6.18 Å². The number of aliphatic hydroxyl groups is 1. The van der Waals surface area contributed by atoms with E-state index in [4.69, 9.17) is 5.11 Å². The van der Waals surface area contributed by atoms with Gasteiger partial charge in [0.15, 0.2) is 5.69 Å². The third-order valence-corrected chi connectivity index (χ3v) is 2.55. The number of rotatable bonds is 3. The van der Waals surface area contributed by atoms with E-state index in [9.17, 15) is 23.3 Å². The highest BCUT2D eigenvalue weighted by molar-refractivity contribution is 5.42. The van der Waals surface area contributed by atoms with Crippen molar-refractivity contribution in [2.45, 2.75) is 12.8 Å². The van der Waals surface area contributed by atoms with Crippen molar-refractivity contribution in [2.75, 3.05) is 0 Å². The zero-order valence-corrected chi connectivity index (χ0v) is 9.83. The quantitative estimate of drug-likeness (QED) is 0.693. The van der Waals surface area contributed by atoms with Gasteiger partial charge < -0.3 is 9.67 Å². The SMILES string of the molecule is O=[N+]([O-])c1ccc(-n2cc(C(F)(F)F)nc2CO)cc1. The fraction of sp³-hybridized carbons (Fsp3) is 0.182. The maximum atomic E-state index is 12.6. The first kappa shape index (κ1) is 14.0. The number of non-ortho nitro benzene ring substituents is 1. The van der Waals surface area contributed by atoms with Crippen molar-refractivity contribution in [3.8, 4) is 5.69 Å². The summed E-state index contributed by atoms with van der Waals surface area (Å²) in [5, 5.41) is 19.5. The standard InChI is InChI=1S/C11H8F3N3O3/c12-11(13,14)9-5-16(10(6-18)15-9)7-1-3-8(4-2-7)17(19)20/h1-5,18H,6H2. The van der Waals surface area contributed by atoms with Crippen molar-refractivity contribution in [1.82, 2.24) is 9.55 Å². The lowest BCUT2D eigenvalue weighted by molar-refractivity contribution is -0.384. The Bertz CT molecular complexity index is 635. The van der Waals surface area contributed by atoms with Crippen molar-refractivity contribution in [2.24, 2.45) is 0 Å². The Morgan fingerprint density at radius 2 is 1.90 bits per heavy atom. The molecule has 1 N–H and O–H groups in total. The molecule has 0 saturated heterocycles. The van der Waals surface area contributed by atoms with Gasteiger partial charge in [0.1, 0.15) is 12.4 Å². The first-order valence-electron chi connectivity index (χ1n) is 5.34. The fourth-order valence-corrected chi connectivity index (χ4v) is 1.63. The van der Waals surface area contributed by atoms with Crippen molar-refractivity contribution in [3.05, 3.63) is 52.1 Å². The number of halogens is 3. The molecule has 1 heterocycles. The summed E-state index contributed by atoms with van der Waals surface area (Å²) >= 11 is 0. The number of benzene rings is 1. The van der Waals surface area contributed by atoms with Gasteiger partial charge in [-0.2, -0.15) is 13.2 Å². The number of aliphatic hydroxyl groups excluding tert-OH is 1. The van der Waals surface area contributed by atoms with Crippen LogP contribution in [-0.4, -0.2) is 19.6 Å². The molecule has 0 spiro atoms. The van der Waals surface area contributed by atoms with Crippen LogP contribution in [0.3, 0.4) is 0 Å². The summed E-state index contributed by atoms with van der Waals surface area (Å²) in [6.07, 6.45) is -3.90. The number of nitro groups is 1. The second-order valence-corrected chi connectivity index (χ2v) is 3.84. The van der Waals surface area contributed by atoms with Gasteiger partial charge in [0.25, 0.3) is 5.69 Å². The third-order valence-electron chi connectivity index (χ3n) is 2.55. The Morgan fingerprint density at radius 3 is 2.35 bits per heavy atom. The first-order valence-corrected chi connectivity index (χ1v) is 5.34. The van der Waals surface area contributed by atoms with Crippen LogP contribution in [0.1, 0.15) is 11.5 Å². The molecule has 0 amide bonds. The van der Waals surface area contributed by atoms with Crippen LogP contribution in [-0.2, 0) is 12.8 Å². The van der Waals surface area contributed by atoms with Crippen LogP contribution >= 0.6 is 0 Å². The Morgan fingerprint density at radius 1 is 1.30 bits per heavy atom. The fourth-order valence-electron chi connectivity index (χ4n) is 1.63. The van der Waals surface area contributed by atoms with Crippen LogP contribution < -0.4 is 0 Å². The lowest BCUT2D eigenvalue weighted by atomic mass is 10.3. The van der Waals surface area contributed by atoms with E-state index in [1.54, 1.807) is 0 Å². The molecule has 0 aliphatic carbocycles. The topological polar surface area (TPSA) is 81.2 Å². The van der Waals surface area contributed by atoms with Crippen molar-refractivity contribution >= 4 is 5.69 Å². The van der Waals surface area contributed by atoms with E-state index < -0.39 is 23.4 Å². The minimum absolute atomic E-state index is 0.185. The molecule has 0 fully saturated rings. The third kappa shape index (κ3) is 2.62. The molecule has 6 nitrogen and oxygen atoms in total. The van der Waals surface area contributed by atoms with Crippen LogP contribution in [0.2, 0.25) is 0 Å².